The maximum Gasteiger partial charge on any atom is 0.339 e. The minimum Gasteiger partial charge on any atom is -0.478 e. The molecule has 3 rings (SSSR count). The summed E-state index contributed by atoms with van der Waals surface area (Å²) in [6.07, 6.45) is 0.723. The van der Waals surface area contributed by atoms with E-state index in [9.17, 15) is 9.59 Å². The molecule has 0 aliphatic heterocycles. The van der Waals surface area contributed by atoms with Crippen LogP contribution in [-0.4, -0.2) is 28.9 Å². The van der Waals surface area contributed by atoms with E-state index in [1.54, 1.807) is 24.9 Å². The van der Waals surface area contributed by atoms with E-state index < -0.39 is 5.97 Å². The second kappa shape index (κ2) is 6.73. The Bertz CT molecular complexity index is 846. The molecule has 132 valence electrons. The van der Waals surface area contributed by atoms with Crippen LogP contribution in [0.2, 0.25) is 10.0 Å². The number of hydrogen-bond acceptors (Lipinski definition) is 3. The largest absolute Gasteiger partial charge is 0.478 e. The van der Waals surface area contributed by atoms with Crippen molar-refractivity contribution >= 4 is 35.1 Å². The zero-order valence-corrected chi connectivity index (χ0v) is 15.3. The van der Waals surface area contributed by atoms with Gasteiger partial charge >= 0.3 is 5.97 Å². The number of nitrogens with zero attached hydrogens (tertiary/aromatic N) is 1. The molecule has 1 aromatic heterocycles. The van der Waals surface area contributed by atoms with Crippen LogP contribution in [0.25, 0.3) is 0 Å². The fourth-order valence-corrected chi connectivity index (χ4v) is 3.50. The molecular weight excluding hydrogens is 365 g/mol. The summed E-state index contributed by atoms with van der Waals surface area (Å²) in [7, 11) is 1.68. The molecular formula is C18H17Cl2NO4. The lowest BCUT2D eigenvalue weighted by molar-refractivity contribution is -0.132. The van der Waals surface area contributed by atoms with Gasteiger partial charge in [0.1, 0.15) is 17.1 Å². The quantitative estimate of drug-likeness (QED) is 0.835. The third kappa shape index (κ3) is 3.53. The van der Waals surface area contributed by atoms with Crippen LogP contribution in [0.15, 0.2) is 28.7 Å². The molecule has 1 aliphatic carbocycles. The Kier molecular flexibility index (Phi) is 4.80. The Hall–Kier alpha value is -1.98. The minimum atomic E-state index is -1.04. The number of benzene rings is 1. The highest BCUT2D eigenvalue weighted by molar-refractivity contribution is 6.42. The second-order valence-corrected chi connectivity index (χ2v) is 7.06. The predicted octanol–water partition coefficient (Wildman–Crippen LogP) is 4.36. The lowest BCUT2D eigenvalue weighted by Gasteiger charge is -2.16. The van der Waals surface area contributed by atoms with Gasteiger partial charge in [0, 0.05) is 13.0 Å². The molecule has 1 amide bonds. The number of halogens is 2. The Morgan fingerprint density at radius 1 is 1.36 bits per heavy atom. The van der Waals surface area contributed by atoms with Gasteiger partial charge in [-0.3, -0.25) is 4.79 Å². The summed E-state index contributed by atoms with van der Waals surface area (Å²) in [6, 6.07) is 6.89. The van der Waals surface area contributed by atoms with Crippen LogP contribution in [0, 0.1) is 12.8 Å². The SMILES string of the molecule is Cc1oc(CN(C)C(=O)C2CC2c2cccc(Cl)c2Cl)cc1C(=O)O. The van der Waals surface area contributed by atoms with Crippen molar-refractivity contribution in [2.45, 2.75) is 25.8 Å². The molecule has 1 heterocycles. The van der Waals surface area contributed by atoms with Gasteiger partial charge < -0.3 is 14.4 Å². The highest BCUT2D eigenvalue weighted by Crippen LogP contribution is 2.51. The highest BCUT2D eigenvalue weighted by atomic mass is 35.5. The average Bonchev–Trinajstić information content (AvgIpc) is 3.25. The van der Waals surface area contributed by atoms with Crippen molar-refractivity contribution in [3.63, 3.8) is 0 Å². The van der Waals surface area contributed by atoms with Gasteiger partial charge in [-0.05, 0) is 37.0 Å². The fourth-order valence-electron chi connectivity index (χ4n) is 3.05. The van der Waals surface area contributed by atoms with E-state index in [0.717, 1.165) is 12.0 Å². The van der Waals surface area contributed by atoms with Crippen molar-refractivity contribution in [2.24, 2.45) is 5.92 Å². The van der Waals surface area contributed by atoms with Crippen LogP contribution >= 0.6 is 23.2 Å². The fraction of sp³-hybridized carbons (Fsp3) is 0.333. The molecule has 2 unspecified atom stereocenters. The molecule has 0 bridgehead atoms. The van der Waals surface area contributed by atoms with Gasteiger partial charge in [-0.25, -0.2) is 4.79 Å². The standard InChI is InChI=1S/C18H17Cl2NO4/c1-9-12(18(23)24)6-10(25-9)8-21(2)17(22)14-7-13(14)11-4-3-5-15(19)16(11)20/h3-6,13-14H,7-8H2,1-2H3,(H,23,24). The average molecular weight is 382 g/mol. The number of carbonyl (C=O) groups excluding carboxylic acids is 1. The summed E-state index contributed by atoms with van der Waals surface area (Å²) in [5.74, 6) is -0.363. The lowest BCUT2D eigenvalue weighted by Crippen LogP contribution is -2.27. The molecule has 1 aromatic carbocycles. The topological polar surface area (TPSA) is 70.8 Å². The first-order valence-electron chi connectivity index (χ1n) is 7.81. The maximum atomic E-state index is 12.6. The number of aromatic carboxylic acids is 1. The molecule has 25 heavy (non-hydrogen) atoms. The normalized spacial score (nSPS) is 18.9. The van der Waals surface area contributed by atoms with Crippen molar-refractivity contribution in [3.8, 4) is 0 Å². The van der Waals surface area contributed by atoms with Crippen molar-refractivity contribution < 1.29 is 19.1 Å². The summed E-state index contributed by atoms with van der Waals surface area (Å²) >= 11 is 12.3. The Morgan fingerprint density at radius 2 is 2.08 bits per heavy atom. The van der Waals surface area contributed by atoms with E-state index in [2.05, 4.69) is 0 Å². The maximum absolute atomic E-state index is 12.6. The number of hydrogen-bond donors (Lipinski definition) is 1. The van der Waals surface area contributed by atoms with Gasteiger partial charge in [-0.15, -0.1) is 0 Å². The molecule has 1 saturated carbocycles. The Morgan fingerprint density at radius 3 is 2.72 bits per heavy atom. The van der Waals surface area contributed by atoms with E-state index in [1.807, 2.05) is 12.1 Å². The highest BCUT2D eigenvalue weighted by Gasteiger charge is 2.46. The summed E-state index contributed by atoms with van der Waals surface area (Å²) in [4.78, 5) is 25.2. The summed E-state index contributed by atoms with van der Waals surface area (Å²) < 4.78 is 5.43. The molecule has 2 atom stereocenters. The van der Waals surface area contributed by atoms with E-state index in [1.165, 1.54) is 6.07 Å². The smallest absolute Gasteiger partial charge is 0.339 e. The van der Waals surface area contributed by atoms with Crippen molar-refractivity contribution in [2.75, 3.05) is 7.05 Å². The van der Waals surface area contributed by atoms with Crippen LogP contribution in [0.1, 0.15) is 39.8 Å². The number of carboxylic acid groups (broad SMARTS) is 1. The molecule has 1 fully saturated rings. The number of aryl methyl sites for hydroxylation is 1. The Labute approximate surface area is 155 Å². The summed E-state index contributed by atoms with van der Waals surface area (Å²) in [5.41, 5.74) is 1.01. The monoisotopic (exact) mass is 381 g/mol. The number of furan rings is 1. The predicted molar refractivity (Wildman–Crippen MR) is 94.2 cm³/mol. The van der Waals surface area contributed by atoms with E-state index in [4.69, 9.17) is 32.7 Å². The minimum absolute atomic E-state index is 0.0213. The van der Waals surface area contributed by atoms with Crippen molar-refractivity contribution in [1.82, 2.24) is 4.90 Å². The molecule has 0 spiro atoms. The molecule has 0 radical (unpaired) electrons. The van der Waals surface area contributed by atoms with Gasteiger partial charge in [0.25, 0.3) is 0 Å². The number of carboxylic acids is 1. The van der Waals surface area contributed by atoms with Gasteiger partial charge in [0.05, 0.1) is 16.6 Å². The first kappa shape index (κ1) is 17.8. The van der Waals surface area contributed by atoms with E-state index in [-0.39, 0.29) is 29.9 Å². The molecule has 0 saturated heterocycles. The number of amides is 1. The van der Waals surface area contributed by atoms with Crippen molar-refractivity contribution in [3.05, 3.63) is 57.0 Å². The molecule has 7 heteroatoms. The van der Waals surface area contributed by atoms with Gasteiger partial charge in [0.2, 0.25) is 5.91 Å². The van der Waals surface area contributed by atoms with Crippen LogP contribution in [0.4, 0.5) is 0 Å². The molecule has 1 aliphatic rings. The summed E-state index contributed by atoms with van der Waals surface area (Å²) in [6.45, 7) is 1.81. The number of carbonyl (C=O) groups is 2. The Balaban J connectivity index is 1.67. The number of rotatable bonds is 5. The van der Waals surface area contributed by atoms with Crippen LogP contribution in [0.3, 0.4) is 0 Å². The van der Waals surface area contributed by atoms with Gasteiger partial charge in [0.15, 0.2) is 0 Å². The lowest BCUT2D eigenvalue weighted by atomic mass is 10.1. The van der Waals surface area contributed by atoms with E-state index in [0.29, 0.717) is 21.6 Å². The van der Waals surface area contributed by atoms with Gasteiger partial charge in [-0.2, -0.15) is 0 Å². The molecule has 2 aromatic rings. The first-order chi connectivity index (χ1) is 11.8. The molecule has 1 N–H and O–H groups in total. The third-order valence-electron chi connectivity index (χ3n) is 4.46. The van der Waals surface area contributed by atoms with Crippen molar-refractivity contribution in [1.29, 1.82) is 0 Å². The van der Waals surface area contributed by atoms with E-state index >= 15 is 0 Å². The third-order valence-corrected chi connectivity index (χ3v) is 5.29. The zero-order valence-electron chi connectivity index (χ0n) is 13.8. The van der Waals surface area contributed by atoms with Gasteiger partial charge in [-0.1, -0.05) is 35.3 Å². The summed E-state index contributed by atoms with van der Waals surface area (Å²) in [5, 5.41) is 10.0. The van der Waals surface area contributed by atoms with Crippen LogP contribution < -0.4 is 0 Å². The van der Waals surface area contributed by atoms with Crippen LogP contribution in [0.5, 0.6) is 0 Å². The molecule has 5 nitrogen and oxygen atoms in total. The second-order valence-electron chi connectivity index (χ2n) is 6.27. The zero-order chi connectivity index (χ0) is 18.3. The first-order valence-corrected chi connectivity index (χ1v) is 8.56. The van der Waals surface area contributed by atoms with Crippen LogP contribution in [-0.2, 0) is 11.3 Å².